The number of nitro groups is 1. The Labute approximate surface area is 112 Å². The molecule has 0 aliphatic heterocycles. The van der Waals surface area contributed by atoms with Crippen molar-refractivity contribution in [3.63, 3.8) is 0 Å². The SMILES string of the molecule is COC1(CNc2c[n+](O)c(Br)cc2[N+](=O)[O-])CC1. The Balaban J connectivity index is 2.20. The number of rotatable bonds is 5. The van der Waals surface area contributed by atoms with Gasteiger partial charge in [0.1, 0.15) is 6.07 Å². The summed E-state index contributed by atoms with van der Waals surface area (Å²) in [4.78, 5) is 10.4. The van der Waals surface area contributed by atoms with E-state index in [2.05, 4.69) is 21.2 Å². The Hall–Kier alpha value is -1.41. The summed E-state index contributed by atoms with van der Waals surface area (Å²) in [5.74, 6) is 0. The van der Waals surface area contributed by atoms with E-state index < -0.39 is 4.92 Å². The summed E-state index contributed by atoms with van der Waals surface area (Å²) in [6.07, 6.45) is 3.12. The van der Waals surface area contributed by atoms with Crippen molar-refractivity contribution in [2.24, 2.45) is 0 Å². The highest BCUT2D eigenvalue weighted by Gasteiger charge is 2.43. The van der Waals surface area contributed by atoms with Crippen LogP contribution in [-0.4, -0.2) is 29.4 Å². The molecular formula is C10H13BrN3O4+. The first-order valence-electron chi connectivity index (χ1n) is 5.35. The molecule has 1 saturated carbocycles. The number of nitrogens with one attached hydrogen (secondary N) is 1. The van der Waals surface area contributed by atoms with E-state index in [9.17, 15) is 15.3 Å². The quantitative estimate of drug-likeness (QED) is 0.282. The number of halogens is 1. The molecule has 1 aliphatic rings. The zero-order valence-corrected chi connectivity index (χ0v) is 11.3. The number of methoxy groups -OCH3 is 1. The van der Waals surface area contributed by atoms with Gasteiger partial charge < -0.3 is 10.1 Å². The van der Waals surface area contributed by atoms with E-state index in [0.717, 1.165) is 17.6 Å². The third-order valence-corrected chi connectivity index (χ3v) is 3.63. The van der Waals surface area contributed by atoms with Crippen LogP contribution in [0.1, 0.15) is 12.8 Å². The zero-order valence-electron chi connectivity index (χ0n) is 9.72. The van der Waals surface area contributed by atoms with Crippen LogP contribution in [0.15, 0.2) is 16.9 Å². The van der Waals surface area contributed by atoms with Crippen LogP contribution in [0.4, 0.5) is 11.4 Å². The second-order valence-electron chi connectivity index (χ2n) is 4.24. The van der Waals surface area contributed by atoms with Crippen molar-refractivity contribution in [3.05, 3.63) is 27.0 Å². The first-order valence-corrected chi connectivity index (χ1v) is 6.15. The van der Waals surface area contributed by atoms with Gasteiger partial charge in [-0.15, -0.1) is 0 Å². The molecule has 0 aromatic carbocycles. The van der Waals surface area contributed by atoms with Crippen molar-refractivity contribution in [2.75, 3.05) is 19.0 Å². The van der Waals surface area contributed by atoms with Crippen LogP contribution in [0.2, 0.25) is 0 Å². The predicted octanol–water partition coefficient (Wildman–Crippen LogP) is 1.47. The van der Waals surface area contributed by atoms with Crippen molar-refractivity contribution in [3.8, 4) is 0 Å². The van der Waals surface area contributed by atoms with Crippen LogP contribution in [0.5, 0.6) is 0 Å². The molecule has 0 unspecified atom stereocenters. The van der Waals surface area contributed by atoms with Gasteiger partial charge in [0.15, 0.2) is 5.69 Å². The van der Waals surface area contributed by atoms with Gasteiger partial charge in [-0.3, -0.25) is 15.3 Å². The smallest absolute Gasteiger partial charge is 0.306 e. The molecule has 98 valence electrons. The molecule has 1 aromatic heterocycles. The standard InChI is InChI=1S/C10H13BrN3O4/c1-18-10(2-3-10)6-12-7-5-13(15)9(11)4-8(7)14(16)17/h4-5,12,15H,2-3,6H2,1H3/q+1. The maximum absolute atomic E-state index is 10.9. The molecular weight excluding hydrogens is 306 g/mol. The minimum absolute atomic E-state index is 0.0981. The summed E-state index contributed by atoms with van der Waals surface area (Å²) in [6.45, 7) is 0.478. The molecule has 2 N–H and O–H groups in total. The summed E-state index contributed by atoms with van der Waals surface area (Å²) in [5, 5.41) is 23.4. The van der Waals surface area contributed by atoms with E-state index >= 15 is 0 Å². The molecule has 0 atom stereocenters. The topological polar surface area (TPSA) is 88.5 Å². The molecule has 1 fully saturated rings. The fraction of sp³-hybridized carbons (Fsp3) is 0.500. The monoisotopic (exact) mass is 318 g/mol. The third-order valence-electron chi connectivity index (χ3n) is 3.04. The predicted molar refractivity (Wildman–Crippen MR) is 65.6 cm³/mol. The van der Waals surface area contributed by atoms with Gasteiger partial charge in [0.05, 0.1) is 10.5 Å². The van der Waals surface area contributed by atoms with Crippen LogP contribution in [0.3, 0.4) is 0 Å². The van der Waals surface area contributed by atoms with Gasteiger partial charge in [-0.2, -0.15) is 0 Å². The molecule has 0 spiro atoms. The fourth-order valence-electron chi connectivity index (χ4n) is 1.64. The lowest BCUT2D eigenvalue weighted by Crippen LogP contribution is -2.33. The number of aromatic nitrogens is 1. The minimum Gasteiger partial charge on any atom is -0.376 e. The van der Waals surface area contributed by atoms with E-state index in [0.29, 0.717) is 6.54 Å². The van der Waals surface area contributed by atoms with Crippen molar-refractivity contribution in [2.45, 2.75) is 18.4 Å². The highest BCUT2D eigenvalue weighted by atomic mass is 79.9. The summed E-state index contributed by atoms with van der Waals surface area (Å²) >= 11 is 3.02. The van der Waals surface area contributed by atoms with Gasteiger partial charge in [0.2, 0.25) is 0 Å². The van der Waals surface area contributed by atoms with Gasteiger partial charge in [0.25, 0.3) is 6.20 Å². The van der Waals surface area contributed by atoms with Crippen LogP contribution < -0.4 is 10.0 Å². The number of anilines is 1. The molecule has 7 nitrogen and oxygen atoms in total. The maximum Gasteiger partial charge on any atom is 0.306 e. The van der Waals surface area contributed by atoms with E-state index in [1.165, 1.54) is 12.3 Å². The molecule has 0 bridgehead atoms. The highest BCUT2D eigenvalue weighted by Crippen LogP contribution is 2.39. The van der Waals surface area contributed by atoms with Gasteiger partial charge in [-0.1, -0.05) is 0 Å². The van der Waals surface area contributed by atoms with E-state index in [4.69, 9.17) is 4.74 Å². The lowest BCUT2D eigenvalue weighted by atomic mass is 10.3. The highest BCUT2D eigenvalue weighted by molar-refractivity contribution is 9.10. The number of hydrogen-bond acceptors (Lipinski definition) is 5. The summed E-state index contributed by atoms with van der Waals surface area (Å²) in [7, 11) is 1.62. The van der Waals surface area contributed by atoms with Crippen LogP contribution in [0, 0.1) is 10.1 Å². The van der Waals surface area contributed by atoms with E-state index in [1.807, 2.05) is 0 Å². The molecule has 8 heteroatoms. The normalized spacial score (nSPS) is 16.3. The van der Waals surface area contributed by atoms with Gasteiger partial charge >= 0.3 is 10.3 Å². The van der Waals surface area contributed by atoms with Crippen molar-refractivity contribution in [1.29, 1.82) is 0 Å². The molecule has 0 radical (unpaired) electrons. The Morgan fingerprint density at radius 3 is 2.89 bits per heavy atom. The number of hydrogen-bond donors (Lipinski definition) is 2. The molecule has 2 rings (SSSR count). The van der Waals surface area contributed by atoms with E-state index in [-0.39, 0.29) is 21.6 Å². The Bertz CT molecular complexity index is 490. The van der Waals surface area contributed by atoms with Crippen LogP contribution >= 0.6 is 15.9 Å². The molecule has 1 heterocycles. The largest absolute Gasteiger partial charge is 0.376 e. The summed E-state index contributed by atoms with van der Waals surface area (Å²) < 4.78 is 6.31. The Morgan fingerprint density at radius 2 is 2.39 bits per heavy atom. The number of nitrogens with zero attached hydrogens (tertiary/aromatic N) is 2. The molecule has 0 saturated heterocycles. The average Bonchev–Trinajstić information content (AvgIpc) is 3.10. The van der Waals surface area contributed by atoms with Gasteiger partial charge in [-0.25, -0.2) is 0 Å². The van der Waals surface area contributed by atoms with Crippen LogP contribution in [0.25, 0.3) is 0 Å². The van der Waals surface area contributed by atoms with Crippen molar-refractivity contribution in [1.82, 2.24) is 0 Å². The van der Waals surface area contributed by atoms with Gasteiger partial charge in [0, 0.05) is 34.3 Å². The minimum atomic E-state index is -0.501. The lowest BCUT2D eigenvalue weighted by molar-refractivity contribution is -0.912. The van der Waals surface area contributed by atoms with Crippen molar-refractivity contribution >= 4 is 27.3 Å². The Morgan fingerprint density at radius 1 is 1.72 bits per heavy atom. The maximum atomic E-state index is 10.9. The second kappa shape index (κ2) is 4.69. The summed E-state index contributed by atoms with van der Waals surface area (Å²) in [6, 6.07) is 1.24. The molecule has 1 aliphatic carbocycles. The zero-order chi connectivity index (χ0) is 13.3. The third kappa shape index (κ3) is 2.54. The van der Waals surface area contributed by atoms with Crippen molar-refractivity contribution < 1.29 is 19.6 Å². The van der Waals surface area contributed by atoms with E-state index in [1.54, 1.807) is 7.11 Å². The second-order valence-corrected chi connectivity index (χ2v) is 5.05. The average molecular weight is 319 g/mol. The molecule has 1 aromatic rings. The Kier molecular flexibility index (Phi) is 3.40. The molecule has 0 amide bonds. The lowest BCUT2D eigenvalue weighted by Gasteiger charge is -2.14. The van der Waals surface area contributed by atoms with Crippen LogP contribution in [-0.2, 0) is 4.74 Å². The first kappa shape index (κ1) is 13.0. The fourth-order valence-corrected chi connectivity index (χ4v) is 1.96. The first-order chi connectivity index (χ1) is 8.47. The number of ether oxygens (including phenoxy) is 1. The summed E-state index contributed by atoms with van der Waals surface area (Å²) in [5.41, 5.74) is -0.0607. The number of pyridine rings is 1. The van der Waals surface area contributed by atoms with Gasteiger partial charge in [-0.05, 0) is 12.8 Å². The molecule has 18 heavy (non-hydrogen) atoms.